The number of rotatable bonds is 6. The van der Waals surface area contributed by atoms with E-state index >= 15 is 0 Å². The minimum absolute atomic E-state index is 0.136. The first-order chi connectivity index (χ1) is 17.4. The number of aromatic nitrogens is 2. The number of hydrogen-bond donors (Lipinski definition) is 1. The summed E-state index contributed by atoms with van der Waals surface area (Å²) in [4.78, 5) is 21.8. The second-order valence-corrected chi connectivity index (χ2v) is 9.14. The van der Waals surface area contributed by atoms with Crippen LogP contribution >= 0.6 is 0 Å². The molecule has 0 fully saturated rings. The van der Waals surface area contributed by atoms with Crippen LogP contribution in [0.25, 0.3) is 28.1 Å². The van der Waals surface area contributed by atoms with E-state index in [9.17, 15) is 4.79 Å². The summed E-state index contributed by atoms with van der Waals surface area (Å²) in [6.07, 6.45) is 0. The van der Waals surface area contributed by atoms with Gasteiger partial charge in [0, 0.05) is 62.1 Å². The third-order valence-corrected chi connectivity index (χ3v) is 6.23. The van der Waals surface area contributed by atoms with E-state index in [1.54, 1.807) is 0 Å². The highest BCUT2D eigenvalue weighted by atomic mass is 16.1. The largest absolute Gasteiger partial charge is 0.378 e. The smallest absolute Gasteiger partial charge is 0.255 e. The molecule has 0 unspecified atom stereocenters. The van der Waals surface area contributed by atoms with Crippen molar-refractivity contribution in [1.29, 1.82) is 0 Å². The van der Waals surface area contributed by atoms with Crippen LogP contribution in [0, 0.1) is 0 Å². The highest BCUT2D eigenvalue weighted by Gasteiger charge is 2.15. The van der Waals surface area contributed by atoms with Gasteiger partial charge in [0.05, 0.1) is 11.0 Å². The molecule has 0 radical (unpaired) electrons. The quantitative estimate of drug-likeness (QED) is 0.324. The molecule has 0 spiro atoms. The molecule has 0 atom stereocenters. The summed E-state index contributed by atoms with van der Waals surface area (Å²) in [5.41, 5.74) is 7.52. The molecule has 36 heavy (non-hydrogen) atoms. The molecule has 0 aliphatic carbocycles. The third kappa shape index (κ3) is 4.53. The summed E-state index contributed by atoms with van der Waals surface area (Å²) in [5, 5.41) is 3.00. The van der Waals surface area contributed by atoms with Crippen molar-refractivity contribution in [2.75, 3.05) is 43.3 Å². The van der Waals surface area contributed by atoms with Crippen LogP contribution in [0.3, 0.4) is 0 Å². The number of hydrogen-bond acceptors (Lipinski definition) is 4. The van der Waals surface area contributed by atoms with E-state index in [2.05, 4.69) is 45.1 Å². The molecule has 6 heteroatoms. The fourth-order valence-electron chi connectivity index (χ4n) is 4.20. The number of imidazole rings is 1. The zero-order valence-electron chi connectivity index (χ0n) is 20.9. The van der Waals surface area contributed by atoms with E-state index in [-0.39, 0.29) is 5.91 Å². The van der Waals surface area contributed by atoms with Gasteiger partial charge in [-0.3, -0.25) is 9.36 Å². The lowest BCUT2D eigenvalue weighted by Crippen LogP contribution is -2.13. The molecule has 0 aliphatic rings. The van der Waals surface area contributed by atoms with Crippen LogP contribution < -0.4 is 15.1 Å². The van der Waals surface area contributed by atoms with Gasteiger partial charge in [-0.2, -0.15) is 0 Å². The molecule has 1 N–H and O–H groups in total. The van der Waals surface area contributed by atoms with Crippen molar-refractivity contribution in [3.8, 4) is 17.1 Å². The highest BCUT2D eigenvalue weighted by molar-refractivity contribution is 6.04. The molecule has 6 nitrogen and oxygen atoms in total. The second-order valence-electron chi connectivity index (χ2n) is 9.14. The summed E-state index contributed by atoms with van der Waals surface area (Å²) >= 11 is 0. The molecule has 180 valence electrons. The monoisotopic (exact) mass is 475 g/mol. The molecule has 5 rings (SSSR count). The third-order valence-electron chi connectivity index (χ3n) is 6.23. The number of amides is 1. The fourth-order valence-corrected chi connectivity index (χ4v) is 4.20. The maximum Gasteiger partial charge on any atom is 0.255 e. The van der Waals surface area contributed by atoms with Crippen molar-refractivity contribution in [1.82, 2.24) is 9.55 Å². The Labute approximate surface area is 211 Å². The summed E-state index contributed by atoms with van der Waals surface area (Å²) in [7, 11) is 8.02. The SMILES string of the molecule is CN(C)c1ccc(C(=O)Nc2ccc(-n3c(-c4ccc(N(C)C)cc4)nc4ccccc43)cc2)cc1. The van der Waals surface area contributed by atoms with Crippen LogP contribution in [-0.4, -0.2) is 43.6 Å². The van der Waals surface area contributed by atoms with Crippen LogP contribution in [-0.2, 0) is 0 Å². The Kier molecular flexibility index (Phi) is 6.17. The van der Waals surface area contributed by atoms with Gasteiger partial charge in [-0.1, -0.05) is 12.1 Å². The maximum atomic E-state index is 12.8. The lowest BCUT2D eigenvalue weighted by atomic mass is 10.1. The van der Waals surface area contributed by atoms with Gasteiger partial charge in [-0.05, 0) is 84.9 Å². The molecule has 5 aromatic rings. The minimum Gasteiger partial charge on any atom is -0.378 e. The molecule has 4 aromatic carbocycles. The van der Waals surface area contributed by atoms with Crippen molar-refractivity contribution < 1.29 is 4.79 Å². The predicted molar refractivity (Wildman–Crippen MR) is 150 cm³/mol. The van der Waals surface area contributed by atoms with Gasteiger partial charge < -0.3 is 15.1 Å². The maximum absolute atomic E-state index is 12.8. The van der Waals surface area contributed by atoms with Crippen LogP contribution in [0.1, 0.15) is 10.4 Å². The molecule has 1 amide bonds. The van der Waals surface area contributed by atoms with Crippen LogP contribution in [0.2, 0.25) is 0 Å². The number of carbonyl (C=O) groups is 1. The summed E-state index contributed by atoms with van der Waals surface area (Å²) < 4.78 is 2.16. The Bertz CT molecular complexity index is 1500. The number of anilines is 3. The Hall–Kier alpha value is -4.58. The number of nitrogens with one attached hydrogen (secondary N) is 1. The van der Waals surface area contributed by atoms with Crippen LogP contribution in [0.15, 0.2) is 97.1 Å². The van der Waals surface area contributed by atoms with E-state index in [4.69, 9.17) is 4.98 Å². The molecule has 1 heterocycles. The zero-order valence-corrected chi connectivity index (χ0v) is 20.9. The zero-order chi connectivity index (χ0) is 25.2. The Morgan fingerprint density at radius 3 is 1.92 bits per heavy atom. The van der Waals surface area contributed by atoms with Gasteiger partial charge in [0.2, 0.25) is 0 Å². The highest BCUT2D eigenvalue weighted by Crippen LogP contribution is 2.30. The van der Waals surface area contributed by atoms with Crippen LogP contribution in [0.5, 0.6) is 0 Å². The van der Waals surface area contributed by atoms with E-state index in [0.29, 0.717) is 5.56 Å². The lowest BCUT2D eigenvalue weighted by Gasteiger charge is -2.14. The Balaban J connectivity index is 1.45. The van der Waals surface area contributed by atoms with Crippen molar-refractivity contribution in [3.63, 3.8) is 0 Å². The predicted octanol–water partition coefficient (Wildman–Crippen LogP) is 6.08. The number of para-hydroxylation sites is 2. The van der Waals surface area contributed by atoms with E-state index in [0.717, 1.165) is 45.2 Å². The van der Waals surface area contributed by atoms with E-state index < -0.39 is 0 Å². The number of fused-ring (bicyclic) bond motifs is 1. The summed E-state index contributed by atoms with van der Waals surface area (Å²) in [5.74, 6) is 0.738. The standard InChI is InChI=1S/C30H29N5O/c1-33(2)24-15-9-21(10-16-24)29-32-27-7-5-6-8-28(27)35(29)26-19-13-23(14-20-26)31-30(36)22-11-17-25(18-12-22)34(3)4/h5-20H,1-4H3,(H,31,36). The van der Waals surface area contributed by atoms with Gasteiger partial charge in [0.1, 0.15) is 5.82 Å². The molecular formula is C30H29N5O. The first-order valence-corrected chi connectivity index (χ1v) is 11.8. The van der Waals surface area contributed by atoms with E-state index in [1.165, 1.54) is 0 Å². The van der Waals surface area contributed by atoms with Crippen molar-refractivity contribution in [2.45, 2.75) is 0 Å². The molecular weight excluding hydrogens is 446 g/mol. The lowest BCUT2D eigenvalue weighted by molar-refractivity contribution is 0.102. The number of benzene rings is 4. The Morgan fingerprint density at radius 2 is 1.31 bits per heavy atom. The van der Waals surface area contributed by atoms with Crippen molar-refractivity contribution >= 4 is 34.0 Å². The molecule has 0 saturated carbocycles. The van der Waals surface area contributed by atoms with Crippen LogP contribution in [0.4, 0.5) is 17.1 Å². The normalized spacial score (nSPS) is 10.9. The van der Waals surface area contributed by atoms with E-state index in [1.807, 2.05) is 99.8 Å². The second kappa shape index (κ2) is 9.58. The van der Waals surface area contributed by atoms with Gasteiger partial charge in [-0.15, -0.1) is 0 Å². The van der Waals surface area contributed by atoms with Crippen molar-refractivity contribution in [3.05, 3.63) is 103 Å². The number of carbonyl (C=O) groups excluding carboxylic acids is 1. The first kappa shape index (κ1) is 23.2. The summed E-state index contributed by atoms with van der Waals surface area (Å²) in [6.45, 7) is 0. The molecule has 0 saturated heterocycles. The summed E-state index contributed by atoms with van der Waals surface area (Å²) in [6, 6.07) is 32.0. The van der Waals surface area contributed by atoms with Crippen molar-refractivity contribution in [2.24, 2.45) is 0 Å². The molecule has 0 aliphatic heterocycles. The molecule has 0 bridgehead atoms. The number of nitrogens with zero attached hydrogens (tertiary/aromatic N) is 4. The van der Waals surface area contributed by atoms with Gasteiger partial charge in [0.25, 0.3) is 5.91 Å². The first-order valence-electron chi connectivity index (χ1n) is 11.8. The van der Waals surface area contributed by atoms with Gasteiger partial charge in [-0.25, -0.2) is 4.98 Å². The minimum atomic E-state index is -0.136. The molecule has 1 aromatic heterocycles. The average molecular weight is 476 g/mol. The van der Waals surface area contributed by atoms with Gasteiger partial charge >= 0.3 is 0 Å². The fraction of sp³-hybridized carbons (Fsp3) is 0.133. The van der Waals surface area contributed by atoms with Gasteiger partial charge in [0.15, 0.2) is 0 Å². The topological polar surface area (TPSA) is 53.4 Å². The average Bonchev–Trinajstić information content (AvgIpc) is 3.29. The Morgan fingerprint density at radius 1 is 0.722 bits per heavy atom.